The Balaban J connectivity index is 2.06. The molecule has 1 atom stereocenters. The van der Waals surface area contributed by atoms with E-state index in [9.17, 15) is 18.0 Å². The second-order valence-electron chi connectivity index (χ2n) is 9.12. The minimum Gasteiger partial charge on any atom is -0.355 e. The van der Waals surface area contributed by atoms with Gasteiger partial charge >= 0.3 is 0 Å². The second kappa shape index (κ2) is 12.5. The monoisotopic (exact) mass is 521 g/mol. The first-order valence-electron chi connectivity index (χ1n) is 12.3. The van der Waals surface area contributed by atoms with Crippen LogP contribution in [0, 0.1) is 13.8 Å². The maximum Gasteiger partial charge on any atom is 0.244 e. The van der Waals surface area contributed by atoms with Crippen molar-refractivity contribution in [3.05, 3.63) is 101 Å². The zero-order valence-corrected chi connectivity index (χ0v) is 22.7. The number of anilines is 1. The van der Waals surface area contributed by atoms with Crippen molar-refractivity contribution in [3.63, 3.8) is 0 Å². The highest BCUT2D eigenvalue weighted by molar-refractivity contribution is 7.92. The lowest BCUT2D eigenvalue weighted by molar-refractivity contribution is -0.140. The second-order valence-corrected chi connectivity index (χ2v) is 11.0. The lowest BCUT2D eigenvalue weighted by Gasteiger charge is -2.34. The van der Waals surface area contributed by atoms with Gasteiger partial charge in [-0.3, -0.25) is 13.9 Å². The topological polar surface area (TPSA) is 86.8 Å². The van der Waals surface area contributed by atoms with Gasteiger partial charge in [-0.05, 0) is 43.0 Å². The zero-order chi connectivity index (χ0) is 27.0. The van der Waals surface area contributed by atoms with Gasteiger partial charge in [0, 0.05) is 19.5 Å². The van der Waals surface area contributed by atoms with Crippen LogP contribution in [0.25, 0.3) is 0 Å². The van der Waals surface area contributed by atoms with E-state index in [-0.39, 0.29) is 12.5 Å². The highest BCUT2D eigenvalue weighted by atomic mass is 32.2. The minimum absolute atomic E-state index is 0.165. The molecular weight excluding hydrogens is 486 g/mol. The molecule has 0 aromatic heterocycles. The fourth-order valence-electron chi connectivity index (χ4n) is 4.40. The van der Waals surface area contributed by atoms with Gasteiger partial charge in [-0.15, -0.1) is 0 Å². The van der Waals surface area contributed by atoms with Crippen molar-refractivity contribution in [3.8, 4) is 0 Å². The molecule has 196 valence electrons. The number of aryl methyl sites for hydroxylation is 2. The van der Waals surface area contributed by atoms with Gasteiger partial charge < -0.3 is 10.2 Å². The summed E-state index contributed by atoms with van der Waals surface area (Å²) in [6.07, 6.45) is 1.40. The number of hydrogen-bond donors (Lipinski definition) is 1. The molecule has 0 unspecified atom stereocenters. The normalized spacial score (nSPS) is 12.0. The molecule has 3 rings (SSSR count). The molecule has 0 saturated carbocycles. The van der Waals surface area contributed by atoms with Gasteiger partial charge in [0.25, 0.3) is 0 Å². The number of carbonyl (C=O) groups is 2. The van der Waals surface area contributed by atoms with Gasteiger partial charge in [0.2, 0.25) is 21.8 Å². The van der Waals surface area contributed by atoms with Crippen molar-refractivity contribution in [2.24, 2.45) is 0 Å². The quantitative estimate of drug-likeness (QED) is 0.415. The Kier molecular flexibility index (Phi) is 9.47. The summed E-state index contributed by atoms with van der Waals surface area (Å²) >= 11 is 0. The summed E-state index contributed by atoms with van der Waals surface area (Å²) in [5.74, 6) is -0.738. The van der Waals surface area contributed by atoms with Crippen LogP contribution < -0.4 is 9.62 Å². The molecule has 8 heteroatoms. The van der Waals surface area contributed by atoms with E-state index in [1.165, 1.54) is 4.90 Å². The molecule has 0 radical (unpaired) electrons. The lowest BCUT2D eigenvalue weighted by Crippen LogP contribution is -2.53. The Hall–Kier alpha value is -3.65. The molecule has 0 heterocycles. The van der Waals surface area contributed by atoms with E-state index < -0.39 is 28.5 Å². The summed E-state index contributed by atoms with van der Waals surface area (Å²) < 4.78 is 27.0. The lowest BCUT2D eigenvalue weighted by atomic mass is 10.0. The molecule has 0 aliphatic rings. The van der Waals surface area contributed by atoms with Crippen LogP contribution in [0.3, 0.4) is 0 Å². The first kappa shape index (κ1) is 27.9. The van der Waals surface area contributed by atoms with E-state index in [2.05, 4.69) is 5.32 Å². The summed E-state index contributed by atoms with van der Waals surface area (Å²) in [7, 11) is -3.79. The number of amides is 2. The maximum atomic E-state index is 14.0. The van der Waals surface area contributed by atoms with Crippen LogP contribution in [0.1, 0.15) is 29.2 Å². The molecular formula is C29H35N3O4S. The number of benzene rings is 3. The summed E-state index contributed by atoms with van der Waals surface area (Å²) in [6, 6.07) is 23.6. The molecule has 2 amide bonds. The molecule has 37 heavy (non-hydrogen) atoms. The van der Waals surface area contributed by atoms with E-state index >= 15 is 0 Å². The van der Waals surface area contributed by atoms with Crippen LogP contribution in [0.15, 0.2) is 78.9 Å². The smallest absolute Gasteiger partial charge is 0.244 e. The highest BCUT2D eigenvalue weighted by Crippen LogP contribution is 2.27. The third kappa shape index (κ3) is 7.43. The Labute approximate surface area is 220 Å². The summed E-state index contributed by atoms with van der Waals surface area (Å²) in [6.45, 7) is 5.63. The van der Waals surface area contributed by atoms with E-state index in [0.717, 1.165) is 32.8 Å². The number of rotatable bonds is 11. The number of nitrogens with one attached hydrogen (secondary N) is 1. The average Bonchev–Trinajstić information content (AvgIpc) is 2.86. The van der Waals surface area contributed by atoms with E-state index in [1.807, 2.05) is 99.6 Å². The molecule has 0 saturated heterocycles. The molecule has 3 aromatic carbocycles. The van der Waals surface area contributed by atoms with Gasteiger partial charge in [0.1, 0.15) is 12.6 Å². The van der Waals surface area contributed by atoms with E-state index in [4.69, 9.17) is 0 Å². The maximum absolute atomic E-state index is 14.0. The number of carbonyl (C=O) groups excluding carboxylic acids is 2. The first-order chi connectivity index (χ1) is 17.6. The van der Waals surface area contributed by atoms with Gasteiger partial charge in [0.15, 0.2) is 0 Å². The summed E-state index contributed by atoms with van der Waals surface area (Å²) in [5.41, 5.74) is 3.72. The Morgan fingerprint density at radius 1 is 0.838 bits per heavy atom. The fraction of sp³-hybridized carbons (Fsp3) is 0.310. The largest absolute Gasteiger partial charge is 0.355 e. The molecule has 3 aromatic rings. The van der Waals surface area contributed by atoms with Crippen molar-refractivity contribution in [2.45, 2.75) is 39.8 Å². The SMILES string of the molecule is CCNC(=O)[C@H](Cc1ccccc1)N(Cc1ccccc1)C(=O)CN(c1c(C)cccc1C)S(C)(=O)=O. The van der Waals surface area contributed by atoms with E-state index in [1.54, 1.807) is 0 Å². The molecule has 0 bridgehead atoms. The molecule has 0 aliphatic heterocycles. The number of sulfonamides is 1. The third-order valence-corrected chi connectivity index (χ3v) is 7.30. The van der Waals surface area contributed by atoms with Crippen LogP contribution >= 0.6 is 0 Å². The molecule has 0 aliphatic carbocycles. The Bertz CT molecular complexity index is 1290. The standard InChI is InChI=1S/C29H35N3O4S/c1-5-30-29(34)26(19-24-15-8-6-9-16-24)31(20-25-17-10-7-11-18-25)27(33)21-32(37(4,35)36)28-22(2)13-12-14-23(28)3/h6-18,26H,5,19-21H2,1-4H3,(H,30,34)/t26-/m0/s1. The van der Waals surface area contributed by atoms with Crippen LogP contribution in [0.4, 0.5) is 5.69 Å². The fourth-order valence-corrected chi connectivity index (χ4v) is 5.37. The average molecular weight is 522 g/mol. The number of para-hydroxylation sites is 1. The van der Waals surface area contributed by atoms with Crippen molar-refractivity contribution >= 4 is 27.5 Å². The molecule has 7 nitrogen and oxygen atoms in total. The summed E-state index contributed by atoms with van der Waals surface area (Å²) in [4.78, 5) is 28.8. The number of hydrogen-bond acceptors (Lipinski definition) is 4. The molecule has 0 fully saturated rings. The number of likely N-dealkylation sites (N-methyl/N-ethyl adjacent to an activating group) is 1. The van der Waals surface area contributed by atoms with Crippen LogP contribution in [0.2, 0.25) is 0 Å². The third-order valence-electron chi connectivity index (χ3n) is 6.19. The van der Waals surface area contributed by atoms with Crippen molar-refractivity contribution in [2.75, 3.05) is 23.7 Å². The zero-order valence-electron chi connectivity index (χ0n) is 21.8. The Morgan fingerprint density at radius 3 is 1.89 bits per heavy atom. The van der Waals surface area contributed by atoms with Gasteiger partial charge in [-0.1, -0.05) is 78.9 Å². The highest BCUT2D eigenvalue weighted by Gasteiger charge is 2.33. The molecule has 1 N–H and O–H groups in total. The predicted octanol–water partition coefficient (Wildman–Crippen LogP) is 3.85. The van der Waals surface area contributed by atoms with Crippen LogP contribution in [-0.2, 0) is 32.6 Å². The van der Waals surface area contributed by atoms with Gasteiger partial charge in [0.05, 0.1) is 11.9 Å². The van der Waals surface area contributed by atoms with Gasteiger partial charge in [-0.25, -0.2) is 8.42 Å². The minimum atomic E-state index is -3.79. The predicted molar refractivity (Wildman–Crippen MR) is 148 cm³/mol. The van der Waals surface area contributed by atoms with Crippen molar-refractivity contribution in [1.82, 2.24) is 10.2 Å². The van der Waals surface area contributed by atoms with Crippen molar-refractivity contribution in [1.29, 1.82) is 0 Å². The van der Waals surface area contributed by atoms with Gasteiger partial charge in [-0.2, -0.15) is 0 Å². The van der Waals surface area contributed by atoms with Crippen LogP contribution in [0.5, 0.6) is 0 Å². The van der Waals surface area contributed by atoms with E-state index in [0.29, 0.717) is 18.7 Å². The Morgan fingerprint density at radius 2 is 1.38 bits per heavy atom. The molecule has 0 spiro atoms. The summed E-state index contributed by atoms with van der Waals surface area (Å²) in [5, 5.41) is 2.86. The first-order valence-corrected chi connectivity index (χ1v) is 14.2. The van der Waals surface area contributed by atoms with Crippen molar-refractivity contribution < 1.29 is 18.0 Å². The number of nitrogens with zero attached hydrogens (tertiary/aromatic N) is 2. The van der Waals surface area contributed by atoms with Crippen LogP contribution in [-0.4, -0.2) is 50.5 Å².